The van der Waals surface area contributed by atoms with E-state index in [9.17, 15) is 14.4 Å². The number of anilines is 2. The first-order valence-electron chi connectivity index (χ1n) is 8.83. The van der Waals surface area contributed by atoms with Gasteiger partial charge in [0, 0.05) is 17.8 Å². The SMILES string of the molecule is C=CCNC(=O)c1ccccc1NC(=O)c1cccc(NC(=O)c2cccs2)c1. The lowest BCUT2D eigenvalue weighted by Gasteiger charge is -2.11. The van der Waals surface area contributed by atoms with Gasteiger partial charge in [-0.15, -0.1) is 17.9 Å². The Bertz CT molecular complexity index is 1040. The second kappa shape index (κ2) is 9.48. The van der Waals surface area contributed by atoms with Crippen molar-refractivity contribution in [3.8, 4) is 0 Å². The van der Waals surface area contributed by atoms with Gasteiger partial charge in [-0.2, -0.15) is 0 Å². The summed E-state index contributed by atoms with van der Waals surface area (Å²) in [5.74, 6) is -0.930. The van der Waals surface area contributed by atoms with Crippen LogP contribution in [-0.4, -0.2) is 24.3 Å². The van der Waals surface area contributed by atoms with Crippen molar-refractivity contribution in [2.45, 2.75) is 0 Å². The number of nitrogens with one attached hydrogen (secondary N) is 3. The zero-order chi connectivity index (χ0) is 20.6. The molecule has 146 valence electrons. The van der Waals surface area contributed by atoms with Crippen LogP contribution in [-0.2, 0) is 0 Å². The molecule has 3 rings (SSSR count). The summed E-state index contributed by atoms with van der Waals surface area (Å²) in [6.45, 7) is 3.89. The van der Waals surface area contributed by atoms with E-state index in [1.807, 2.05) is 5.38 Å². The number of amides is 3. The molecule has 0 saturated carbocycles. The first-order chi connectivity index (χ1) is 14.1. The maximum Gasteiger partial charge on any atom is 0.265 e. The van der Waals surface area contributed by atoms with Gasteiger partial charge in [-0.3, -0.25) is 14.4 Å². The Kier molecular flexibility index (Phi) is 6.55. The third-order valence-electron chi connectivity index (χ3n) is 3.95. The van der Waals surface area contributed by atoms with Gasteiger partial charge in [0.05, 0.1) is 16.1 Å². The predicted molar refractivity (Wildman–Crippen MR) is 116 cm³/mol. The molecule has 29 heavy (non-hydrogen) atoms. The summed E-state index contributed by atoms with van der Waals surface area (Å²) in [5, 5.41) is 10.0. The minimum absolute atomic E-state index is 0.234. The quantitative estimate of drug-likeness (QED) is 0.516. The van der Waals surface area contributed by atoms with E-state index in [0.29, 0.717) is 33.9 Å². The molecule has 7 heteroatoms. The molecule has 2 aromatic carbocycles. The number of para-hydroxylation sites is 1. The lowest BCUT2D eigenvalue weighted by atomic mass is 10.1. The van der Waals surface area contributed by atoms with E-state index in [1.54, 1.807) is 66.7 Å². The lowest BCUT2D eigenvalue weighted by molar-refractivity contribution is 0.0958. The molecule has 3 N–H and O–H groups in total. The van der Waals surface area contributed by atoms with Crippen molar-refractivity contribution in [2.24, 2.45) is 0 Å². The fraction of sp³-hybridized carbons (Fsp3) is 0.0455. The lowest BCUT2D eigenvalue weighted by Crippen LogP contribution is -2.25. The summed E-state index contributed by atoms with van der Waals surface area (Å²) in [6.07, 6.45) is 1.58. The van der Waals surface area contributed by atoms with Crippen LogP contribution in [0.4, 0.5) is 11.4 Å². The summed E-state index contributed by atoms with van der Waals surface area (Å²) in [4.78, 5) is 37.8. The van der Waals surface area contributed by atoms with Gasteiger partial charge in [-0.1, -0.05) is 30.3 Å². The molecule has 6 nitrogen and oxygen atoms in total. The highest BCUT2D eigenvalue weighted by Crippen LogP contribution is 2.19. The van der Waals surface area contributed by atoms with Crippen molar-refractivity contribution >= 4 is 40.4 Å². The molecule has 0 spiro atoms. The number of benzene rings is 2. The van der Waals surface area contributed by atoms with Crippen LogP contribution in [0.25, 0.3) is 0 Å². The van der Waals surface area contributed by atoms with E-state index in [0.717, 1.165) is 0 Å². The highest BCUT2D eigenvalue weighted by Gasteiger charge is 2.14. The Morgan fingerprint density at radius 3 is 2.48 bits per heavy atom. The molecule has 0 atom stereocenters. The number of hydrogen-bond donors (Lipinski definition) is 3. The van der Waals surface area contributed by atoms with Crippen LogP contribution in [0.2, 0.25) is 0 Å². The third-order valence-corrected chi connectivity index (χ3v) is 4.82. The van der Waals surface area contributed by atoms with Crippen molar-refractivity contribution in [2.75, 3.05) is 17.2 Å². The Labute approximate surface area is 172 Å². The van der Waals surface area contributed by atoms with Gasteiger partial charge in [-0.05, 0) is 41.8 Å². The van der Waals surface area contributed by atoms with Crippen LogP contribution in [0.1, 0.15) is 30.4 Å². The molecule has 3 aromatic rings. The largest absolute Gasteiger partial charge is 0.349 e. The third kappa shape index (κ3) is 5.18. The number of thiophene rings is 1. The zero-order valence-corrected chi connectivity index (χ0v) is 16.3. The Hall–Kier alpha value is -3.71. The Morgan fingerprint density at radius 1 is 0.897 bits per heavy atom. The Balaban J connectivity index is 1.74. The van der Waals surface area contributed by atoms with Gasteiger partial charge in [0.15, 0.2) is 0 Å². The number of hydrogen-bond acceptors (Lipinski definition) is 4. The number of carbonyl (C=O) groups excluding carboxylic acids is 3. The molecular formula is C22H19N3O3S. The number of rotatable bonds is 7. The standard InChI is InChI=1S/C22H19N3O3S/c1-2-12-23-21(27)17-9-3-4-10-18(17)25-20(26)15-7-5-8-16(14-15)24-22(28)19-11-6-13-29-19/h2-11,13-14H,1,12H2,(H,23,27)(H,24,28)(H,25,26). The van der Waals surface area contributed by atoms with Gasteiger partial charge >= 0.3 is 0 Å². The first-order valence-corrected chi connectivity index (χ1v) is 9.71. The summed E-state index contributed by atoms with van der Waals surface area (Å²) in [6, 6.07) is 16.9. The van der Waals surface area contributed by atoms with E-state index in [1.165, 1.54) is 11.3 Å². The second-order valence-electron chi connectivity index (χ2n) is 6.01. The summed E-state index contributed by atoms with van der Waals surface area (Å²) < 4.78 is 0. The predicted octanol–water partition coefficient (Wildman–Crippen LogP) is 4.17. The average molecular weight is 405 g/mol. The van der Waals surface area contributed by atoms with Crippen molar-refractivity contribution in [1.29, 1.82) is 0 Å². The van der Waals surface area contributed by atoms with Gasteiger partial charge in [0.25, 0.3) is 17.7 Å². The van der Waals surface area contributed by atoms with Gasteiger partial charge in [-0.25, -0.2) is 0 Å². The van der Waals surface area contributed by atoms with Crippen LogP contribution in [0.3, 0.4) is 0 Å². The fourth-order valence-electron chi connectivity index (χ4n) is 2.58. The maximum atomic E-state index is 12.7. The van der Waals surface area contributed by atoms with Crippen LogP contribution in [0.5, 0.6) is 0 Å². The highest BCUT2D eigenvalue weighted by molar-refractivity contribution is 7.12. The first kappa shape index (κ1) is 20.0. The fourth-order valence-corrected chi connectivity index (χ4v) is 3.20. The molecular weight excluding hydrogens is 386 g/mol. The summed E-state index contributed by atoms with van der Waals surface area (Å²) in [7, 11) is 0. The molecule has 1 aromatic heterocycles. The van der Waals surface area contributed by atoms with E-state index in [4.69, 9.17) is 0 Å². The van der Waals surface area contributed by atoms with E-state index >= 15 is 0 Å². The summed E-state index contributed by atoms with van der Waals surface area (Å²) in [5.41, 5.74) is 1.61. The second-order valence-corrected chi connectivity index (χ2v) is 6.96. The van der Waals surface area contributed by atoms with Gasteiger partial charge < -0.3 is 16.0 Å². The molecule has 0 saturated heterocycles. The summed E-state index contributed by atoms with van der Waals surface area (Å²) >= 11 is 1.34. The maximum absolute atomic E-state index is 12.7. The van der Waals surface area contributed by atoms with Crippen molar-refractivity contribution < 1.29 is 14.4 Å². The minimum atomic E-state index is -0.388. The van der Waals surface area contributed by atoms with Gasteiger partial charge in [0.1, 0.15) is 0 Å². The Morgan fingerprint density at radius 2 is 1.72 bits per heavy atom. The molecule has 0 unspecified atom stereocenters. The molecule has 0 bridgehead atoms. The normalized spacial score (nSPS) is 10.1. The van der Waals surface area contributed by atoms with Crippen molar-refractivity contribution in [3.05, 3.63) is 94.7 Å². The van der Waals surface area contributed by atoms with Crippen LogP contribution < -0.4 is 16.0 Å². The van der Waals surface area contributed by atoms with E-state index in [-0.39, 0.29) is 17.7 Å². The smallest absolute Gasteiger partial charge is 0.265 e. The highest BCUT2D eigenvalue weighted by atomic mass is 32.1. The van der Waals surface area contributed by atoms with Crippen LogP contribution in [0, 0.1) is 0 Å². The minimum Gasteiger partial charge on any atom is -0.349 e. The molecule has 0 aliphatic heterocycles. The van der Waals surface area contributed by atoms with Crippen molar-refractivity contribution in [1.82, 2.24) is 5.32 Å². The average Bonchev–Trinajstić information content (AvgIpc) is 3.28. The molecule has 0 aliphatic carbocycles. The molecule has 0 aliphatic rings. The molecule has 0 fully saturated rings. The van der Waals surface area contributed by atoms with Crippen molar-refractivity contribution in [3.63, 3.8) is 0 Å². The monoisotopic (exact) mass is 405 g/mol. The van der Waals surface area contributed by atoms with Gasteiger partial charge in [0.2, 0.25) is 0 Å². The van der Waals surface area contributed by atoms with E-state index in [2.05, 4.69) is 22.5 Å². The topological polar surface area (TPSA) is 87.3 Å². The zero-order valence-electron chi connectivity index (χ0n) is 15.5. The number of carbonyl (C=O) groups is 3. The molecule has 3 amide bonds. The molecule has 0 radical (unpaired) electrons. The van der Waals surface area contributed by atoms with E-state index < -0.39 is 0 Å². The van der Waals surface area contributed by atoms with Crippen LogP contribution in [0.15, 0.2) is 78.7 Å². The molecule has 1 heterocycles. The van der Waals surface area contributed by atoms with Crippen LogP contribution >= 0.6 is 11.3 Å².